The molecule has 0 aromatic carbocycles. The van der Waals surface area contributed by atoms with E-state index in [4.69, 9.17) is 0 Å². The quantitative estimate of drug-likeness (QED) is 0.848. The molecule has 2 aromatic rings. The number of carbonyl (C=O) groups excluding carboxylic acids is 1. The van der Waals surface area contributed by atoms with Crippen LogP contribution in [0.4, 0.5) is 5.82 Å². The van der Waals surface area contributed by atoms with E-state index in [1.807, 2.05) is 46.9 Å². The highest BCUT2D eigenvalue weighted by Crippen LogP contribution is 2.33. The summed E-state index contributed by atoms with van der Waals surface area (Å²) in [6.45, 7) is 1.52. The minimum Gasteiger partial charge on any atom is -0.363 e. The van der Waals surface area contributed by atoms with Crippen LogP contribution < -0.4 is 4.90 Å². The van der Waals surface area contributed by atoms with Crippen LogP contribution in [0.2, 0.25) is 0 Å². The number of pyridine rings is 1. The van der Waals surface area contributed by atoms with Gasteiger partial charge in [-0.1, -0.05) is 0 Å². The van der Waals surface area contributed by atoms with Gasteiger partial charge in [0.15, 0.2) is 0 Å². The first-order valence-corrected chi connectivity index (χ1v) is 8.03. The Hall–Kier alpha value is -2.37. The van der Waals surface area contributed by atoms with Crippen molar-refractivity contribution in [1.29, 1.82) is 0 Å². The number of hydrogen-bond acceptors (Lipinski definition) is 4. The average molecular weight is 313 g/mol. The van der Waals surface area contributed by atoms with Crippen LogP contribution in [0.3, 0.4) is 0 Å². The first-order chi connectivity index (χ1) is 11.1. The maximum absolute atomic E-state index is 12.6. The molecule has 0 bridgehead atoms. The third-order valence-corrected chi connectivity index (χ3v) is 4.33. The Labute approximate surface area is 136 Å². The van der Waals surface area contributed by atoms with Gasteiger partial charge in [-0.25, -0.2) is 9.97 Å². The number of imidazole rings is 1. The van der Waals surface area contributed by atoms with Gasteiger partial charge in [0.2, 0.25) is 5.91 Å². The highest BCUT2D eigenvalue weighted by Gasteiger charge is 2.29. The monoisotopic (exact) mass is 313 g/mol. The molecule has 1 atom stereocenters. The second-order valence-corrected chi connectivity index (χ2v) is 6.14. The number of anilines is 1. The van der Waals surface area contributed by atoms with Gasteiger partial charge in [0.1, 0.15) is 5.82 Å². The number of likely N-dealkylation sites (tertiary alicyclic amines) is 1. The van der Waals surface area contributed by atoms with Gasteiger partial charge in [-0.3, -0.25) is 4.79 Å². The summed E-state index contributed by atoms with van der Waals surface area (Å²) >= 11 is 0. The SMILES string of the molecule is CN(C)c1cc([C@@H]2CCCN2C(=O)CCn2ccnc2)ccn1. The minimum absolute atomic E-state index is 0.173. The maximum Gasteiger partial charge on any atom is 0.224 e. The van der Waals surface area contributed by atoms with E-state index in [1.54, 1.807) is 12.5 Å². The third kappa shape index (κ3) is 3.52. The van der Waals surface area contributed by atoms with E-state index >= 15 is 0 Å². The van der Waals surface area contributed by atoms with E-state index in [0.29, 0.717) is 13.0 Å². The van der Waals surface area contributed by atoms with Crippen LogP contribution in [0.25, 0.3) is 0 Å². The summed E-state index contributed by atoms with van der Waals surface area (Å²) in [4.78, 5) is 25.0. The molecule has 0 radical (unpaired) electrons. The molecular formula is C17H23N5O. The van der Waals surface area contributed by atoms with Crippen molar-refractivity contribution in [2.75, 3.05) is 25.5 Å². The average Bonchev–Trinajstić information content (AvgIpc) is 3.24. The molecule has 3 heterocycles. The smallest absolute Gasteiger partial charge is 0.224 e. The lowest BCUT2D eigenvalue weighted by Crippen LogP contribution is -2.31. The van der Waals surface area contributed by atoms with Crippen molar-refractivity contribution in [3.63, 3.8) is 0 Å². The number of aryl methyl sites for hydroxylation is 1. The zero-order valence-electron chi connectivity index (χ0n) is 13.7. The molecule has 6 nitrogen and oxygen atoms in total. The second kappa shape index (κ2) is 6.81. The van der Waals surface area contributed by atoms with E-state index < -0.39 is 0 Å². The lowest BCUT2D eigenvalue weighted by atomic mass is 10.1. The normalized spacial score (nSPS) is 17.5. The summed E-state index contributed by atoms with van der Waals surface area (Å²) < 4.78 is 1.94. The molecule has 23 heavy (non-hydrogen) atoms. The molecule has 0 aliphatic carbocycles. The van der Waals surface area contributed by atoms with Crippen LogP contribution in [-0.4, -0.2) is 46.0 Å². The Kier molecular flexibility index (Phi) is 4.60. The molecule has 1 aliphatic rings. The molecule has 1 fully saturated rings. The van der Waals surface area contributed by atoms with Crippen molar-refractivity contribution in [2.45, 2.75) is 31.8 Å². The van der Waals surface area contributed by atoms with Crippen LogP contribution in [0.1, 0.15) is 30.9 Å². The molecule has 0 saturated carbocycles. The molecule has 3 rings (SSSR count). The number of rotatable bonds is 5. The maximum atomic E-state index is 12.6. The Morgan fingerprint density at radius 1 is 1.39 bits per heavy atom. The summed E-state index contributed by atoms with van der Waals surface area (Å²) in [7, 11) is 3.96. The van der Waals surface area contributed by atoms with Crippen LogP contribution in [0.5, 0.6) is 0 Å². The fourth-order valence-electron chi connectivity index (χ4n) is 3.09. The predicted octanol–water partition coefficient (Wildman–Crippen LogP) is 2.10. The molecule has 0 N–H and O–H groups in total. The van der Waals surface area contributed by atoms with Crippen molar-refractivity contribution in [3.8, 4) is 0 Å². The first kappa shape index (κ1) is 15.5. The van der Waals surface area contributed by atoms with Crippen LogP contribution in [0.15, 0.2) is 37.1 Å². The van der Waals surface area contributed by atoms with Crippen molar-refractivity contribution in [2.24, 2.45) is 0 Å². The van der Waals surface area contributed by atoms with Gasteiger partial charge in [0.25, 0.3) is 0 Å². The van der Waals surface area contributed by atoms with Crippen molar-refractivity contribution in [1.82, 2.24) is 19.4 Å². The Morgan fingerprint density at radius 2 is 2.26 bits per heavy atom. The first-order valence-electron chi connectivity index (χ1n) is 8.03. The minimum atomic E-state index is 0.173. The molecule has 1 amide bonds. The third-order valence-electron chi connectivity index (χ3n) is 4.33. The number of carbonyl (C=O) groups is 1. The van der Waals surface area contributed by atoms with E-state index in [-0.39, 0.29) is 11.9 Å². The summed E-state index contributed by atoms with van der Waals surface area (Å²) in [6, 6.07) is 4.29. The molecule has 1 saturated heterocycles. The predicted molar refractivity (Wildman–Crippen MR) is 89.1 cm³/mol. The van der Waals surface area contributed by atoms with E-state index in [1.165, 1.54) is 5.56 Å². The fraction of sp³-hybridized carbons (Fsp3) is 0.471. The molecular weight excluding hydrogens is 290 g/mol. The summed E-state index contributed by atoms with van der Waals surface area (Å²) in [5.74, 6) is 1.14. The van der Waals surface area contributed by atoms with Crippen LogP contribution in [-0.2, 0) is 11.3 Å². The lowest BCUT2D eigenvalue weighted by molar-refractivity contribution is -0.132. The van der Waals surface area contributed by atoms with Crippen molar-refractivity contribution in [3.05, 3.63) is 42.6 Å². The molecule has 1 aliphatic heterocycles. The highest BCUT2D eigenvalue weighted by molar-refractivity contribution is 5.77. The Bertz CT molecular complexity index is 653. The zero-order valence-corrected chi connectivity index (χ0v) is 13.7. The molecule has 2 aromatic heterocycles. The van der Waals surface area contributed by atoms with Gasteiger partial charge in [-0.15, -0.1) is 0 Å². The largest absolute Gasteiger partial charge is 0.363 e. The fourth-order valence-corrected chi connectivity index (χ4v) is 3.09. The van der Waals surface area contributed by atoms with Crippen molar-refractivity contribution < 1.29 is 4.79 Å². The number of nitrogens with zero attached hydrogens (tertiary/aromatic N) is 5. The lowest BCUT2D eigenvalue weighted by Gasteiger charge is -2.26. The highest BCUT2D eigenvalue weighted by atomic mass is 16.2. The van der Waals surface area contributed by atoms with Gasteiger partial charge in [0.05, 0.1) is 12.4 Å². The number of aromatic nitrogens is 3. The summed E-state index contributed by atoms with van der Waals surface area (Å²) in [5.41, 5.74) is 1.18. The molecule has 0 spiro atoms. The molecule has 0 unspecified atom stereocenters. The second-order valence-electron chi connectivity index (χ2n) is 6.14. The Morgan fingerprint density at radius 3 is 3.00 bits per heavy atom. The van der Waals surface area contributed by atoms with E-state index in [9.17, 15) is 4.79 Å². The van der Waals surface area contributed by atoms with Gasteiger partial charge in [-0.2, -0.15) is 0 Å². The van der Waals surface area contributed by atoms with E-state index in [2.05, 4.69) is 16.0 Å². The van der Waals surface area contributed by atoms with Gasteiger partial charge >= 0.3 is 0 Å². The van der Waals surface area contributed by atoms with Gasteiger partial charge in [0, 0.05) is 52.2 Å². The molecule has 6 heteroatoms. The van der Waals surface area contributed by atoms with Crippen LogP contribution in [0, 0.1) is 0 Å². The number of hydrogen-bond donors (Lipinski definition) is 0. The standard InChI is InChI=1S/C17H23N5O/c1-20(2)16-12-14(5-7-19-16)15-4-3-9-22(15)17(23)6-10-21-11-8-18-13-21/h5,7-8,11-13,15H,3-4,6,9-10H2,1-2H3/t15-/m0/s1. The van der Waals surface area contributed by atoms with Crippen LogP contribution >= 0.6 is 0 Å². The molecule has 122 valence electrons. The summed E-state index contributed by atoms with van der Waals surface area (Å²) in [5, 5.41) is 0. The summed E-state index contributed by atoms with van der Waals surface area (Å²) in [6.07, 6.45) is 9.80. The Balaban J connectivity index is 1.69. The topological polar surface area (TPSA) is 54.3 Å². The zero-order chi connectivity index (χ0) is 16.2. The number of amides is 1. The van der Waals surface area contributed by atoms with Crippen molar-refractivity contribution >= 4 is 11.7 Å². The van der Waals surface area contributed by atoms with Gasteiger partial charge < -0.3 is 14.4 Å². The van der Waals surface area contributed by atoms with E-state index in [0.717, 1.165) is 25.2 Å². The van der Waals surface area contributed by atoms with Gasteiger partial charge in [-0.05, 0) is 30.5 Å².